The van der Waals surface area contributed by atoms with Gasteiger partial charge >= 0.3 is 157 Å². The van der Waals surface area contributed by atoms with Crippen LogP contribution in [0.25, 0.3) is 0 Å². The Labute approximate surface area is 265 Å². The molecule has 0 spiro atoms. The normalized spacial score (nSPS) is 14.8. The molecule has 0 aromatic carbocycles. The molecule has 0 aliphatic rings. The third-order valence-corrected chi connectivity index (χ3v) is 61.3. The van der Waals surface area contributed by atoms with Gasteiger partial charge < -0.3 is 4.48 Å². The fourth-order valence-electron chi connectivity index (χ4n) is 7.44. The van der Waals surface area contributed by atoms with E-state index in [9.17, 15) is 0 Å². The van der Waals surface area contributed by atoms with Crippen LogP contribution in [0.2, 0.25) is 78.6 Å². The van der Waals surface area contributed by atoms with Crippen LogP contribution in [0.5, 0.6) is 0 Å². The Hall–Kier alpha value is 0.926. The molecule has 0 aromatic rings. The van der Waals surface area contributed by atoms with Crippen molar-refractivity contribution in [2.24, 2.45) is 0 Å². The number of rotatable bonds is 19. The summed E-state index contributed by atoms with van der Waals surface area (Å²) in [7, 11) is -8.98. The first kappa shape index (κ1) is 44.1. The van der Waals surface area contributed by atoms with Gasteiger partial charge in [0.2, 0.25) is 0 Å². The molecule has 248 valence electrons. The molecule has 0 aliphatic carbocycles. The van der Waals surface area contributed by atoms with E-state index in [1.165, 1.54) is 86.1 Å². The van der Waals surface area contributed by atoms with Crippen LogP contribution in [-0.2, 0) is 0 Å². The van der Waals surface area contributed by atoms with E-state index in [-0.39, 0.29) is 0 Å². The molecule has 0 rings (SSSR count). The Morgan fingerprint density at radius 1 is 0.561 bits per heavy atom. The number of unbranched alkanes of at least 4 members (excludes halogenated alkanes) is 4. The predicted molar refractivity (Wildman–Crippen MR) is 198 cm³/mol. The Morgan fingerprint density at radius 3 is 0.927 bits per heavy atom. The monoisotopic (exact) mass is 759 g/mol. The topological polar surface area (TPSA) is 6.48 Å². The van der Waals surface area contributed by atoms with Crippen LogP contribution in [0, 0.1) is 0 Å². The SMILES string of the molecule is C=C=[CH][Sn-]([F])([F])([N]([Si](C)(C)C)[Si](C)(C)C)[N]([Si](C)(C)C)[Si](C)(C)C.CCCC[N+](CCCC)(CCCC)CCCC. The van der Waals surface area contributed by atoms with Crippen molar-refractivity contribution in [2.45, 2.75) is 158 Å². The van der Waals surface area contributed by atoms with Crippen molar-refractivity contribution >= 4 is 51.6 Å². The maximum Gasteiger partial charge on any atom is 0.0786 e. The number of hydrogen-bond donors (Lipinski definition) is 0. The van der Waals surface area contributed by atoms with Crippen LogP contribution >= 0.6 is 0 Å². The van der Waals surface area contributed by atoms with Gasteiger partial charge in [0.15, 0.2) is 0 Å². The number of halogens is 2. The van der Waals surface area contributed by atoms with Gasteiger partial charge in [0.05, 0.1) is 26.2 Å². The molecule has 0 amide bonds. The second-order valence-corrected chi connectivity index (χ2v) is 50.5. The summed E-state index contributed by atoms with van der Waals surface area (Å²) in [5.74, 6) is 0. The molecule has 0 radical (unpaired) electrons. The molecule has 0 aliphatic heterocycles. The third-order valence-electron chi connectivity index (χ3n) is 7.76. The van der Waals surface area contributed by atoms with Crippen LogP contribution in [0.1, 0.15) is 79.1 Å². The van der Waals surface area contributed by atoms with Crippen molar-refractivity contribution in [1.82, 2.24) is 4.91 Å². The van der Waals surface area contributed by atoms with Crippen LogP contribution in [0.15, 0.2) is 16.4 Å². The van der Waals surface area contributed by atoms with Gasteiger partial charge in [-0.15, -0.1) is 0 Å². The zero-order valence-electron chi connectivity index (χ0n) is 30.9. The summed E-state index contributed by atoms with van der Waals surface area (Å²) in [5, 5.41) is 0. The number of nitrogens with zero attached hydrogens (tertiary/aromatic N) is 3. The molecule has 0 bridgehead atoms. The molecule has 0 aromatic heterocycles. The minimum absolute atomic E-state index is 1.17. The maximum atomic E-state index is 17.2. The second kappa shape index (κ2) is 17.6. The molecular formula is C31H75F2N3Si4Sn. The Bertz CT molecular complexity index is 692. The van der Waals surface area contributed by atoms with Crippen LogP contribution in [-0.4, -0.2) is 87.2 Å². The number of hydrogen-bond acceptors (Lipinski definition) is 2. The Morgan fingerprint density at radius 2 is 0.780 bits per heavy atom. The van der Waals surface area contributed by atoms with E-state index in [1.54, 1.807) is 0 Å². The van der Waals surface area contributed by atoms with Gasteiger partial charge in [-0.1, -0.05) is 53.4 Å². The summed E-state index contributed by atoms with van der Waals surface area (Å²) < 4.78 is 40.6. The van der Waals surface area contributed by atoms with Crippen molar-refractivity contribution in [3.8, 4) is 0 Å². The predicted octanol–water partition coefficient (Wildman–Crippen LogP) is 11.1. The van der Waals surface area contributed by atoms with Gasteiger partial charge in [-0.2, -0.15) is 0 Å². The Balaban J connectivity index is 0. The third kappa shape index (κ3) is 14.3. The van der Waals surface area contributed by atoms with Gasteiger partial charge in [0.1, 0.15) is 0 Å². The van der Waals surface area contributed by atoms with Crippen molar-refractivity contribution < 1.29 is 10.2 Å². The first-order valence-electron chi connectivity index (χ1n) is 16.7. The van der Waals surface area contributed by atoms with E-state index in [1.807, 2.05) is 4.91 Å². The van der Waals surface area contributed by atoms with E-state index in [0.717, 1.165) is 0 Å². The van der Waals surface area contributed by atoms with Gasteiger partial charge in [0, 0.05) is 0 Å². The quantitative estimate of drug-likeness (QED) is 0.0735. The minimum atomic E-state index is -6.59. The summed E-state index contributed by atoms with van der Waals surface area (Å²) in [6.45, 7) is 43.5. The van der Waals surface area contributed by atoms with Crippen molar-refractivity contribution in [3.63, 3.8) is 0 Å². The number of quaternary nitrogens is 1. The van der Waals surface area contributed by atoms with E-state index in [2.05, 4.69) is 119 Å². The standard InChI is InChI=1S/C16H36N.2C6H18NSi2.C3H3.2FH.Sn/c1-5-9-13-17(14-10-6-2,15-11-7-3)16-12-8-4;2*1-8(2,3)7-9(4,5)6;1-3-2;;;/h5-16H2,1-4H3;2*1-6H3;1H,2H2;2*1H;/q+1;2*-1;;;;+3/p-2. The molecule has 0 atom stereocenters. The summed E-state index contributed by atoms with van der Waals surface area (Å²) in [4.78, 5) is 0. The van der Waals surface area contributed by atoms with Crippen LogP contribution in [0.4, 0.5) is 5.73 Å². The zero-order chi connectivity index (χ0) is 33.0. The van der Waals surface area contributed by atoms with Crippen molar-refractivity contribution in [1.29, 1.82) is 0 Å². The van der Waals surface area contributed by atoms with Crippen molar-refractivity contribution in [3.05, 3.63) is 16.4 Å². The summed E-state index contributed by atoms with van der Waals surface area (Å²) >= 11 is -6.59. The summed E-state index contributed by atoms with van der Waals surface area (Å²) in [5.41, 5.74) is 2.57. The van der Waals surface area contributed by atoms with Crippen LogP contribution in [0.3, 0.4) is 0 Å². The fourth-order valence-corrected chi connectivity index (χ4v) is 78.6. The van der Waals surface area contributed by atoms with E-state index in [0.29, 0.717) is 0 Å². The summed E-state index contributed by atoms with van der Waals surface area (Å²) in [6.07, 6.45) is 11.1. The average Bonchev–Trinajstić information content (AvgIpc) is 2.73. The summed E-state index contributed by atoms with van der Waals surface area (Å²) in [6, 6.07) is 0. The molecular weight excluding hydrogens is 683 g/mol. The van der Waals surface area contributed by atoms with Gasteiger partial charge in [-0.05, 0) is 25.7 Å². The Kier molecular flexibility index (Phi) is 18.9. The van der Waals surface area contributed by atoms with Gasteiger partial charge in [0.25, 0.3) is 0 Å². The molecule has 0 saturated carbocycles. The molecule has 41 heavy (non-hydrogen) atoms. The van der Waals surface area contributed by atoms with E-state index < -0.39 is 51.6 Å². The molecule has 10 heteroatoms. The molecule has 0 saturated heterocycles. The van der Waals surface area contributed by atoms with E-state index >= 15 is 5.73 Å². The maximum absolute atomic E-state index is 17.2. The molecule has 0 N–H and O–H groups in total. The smallest absolute Gasteiger partial charge is 0.0786 e. The van der Waals surface area contributed by atoms with Crippen LogP contribution < -0.4 is 0 Å². The largest absolute Gasteiger partial charge is 0.324 e. The molecule has 0 heterocycles. The molecule has 0 unspecified atom stereocenters. The zero-order valence-corrected chi connectivity index (χ0v) is 37.7. The first-order valence-corrected chi connectivity index (χ1v) is 36.9. The fraction of sp³-hybridized carbons (Fsp3) is 0.903. The second-order valence-electron chi connectivity index (χ2n) is 16.3. The average molecular weight is 759 g/mol. The van der Waals surface area contributed by atoms with Gasteiger partial charge in [-0.3, -0.25) is 0 Å². The van der Waals surface area contributed by atoms with E-state index in [4.69, 9.17) is 0 Å². The first-order chi connectivity index (χ1) is 18.3. The molecule has 0 fully saturated rings. The molecule has 3 nitrogen and oxygen atoms in total. The van der Waals surface area contributed by atoms with Crippen molar-refractivity contribution in [2.75, 3.05) is 26.2 Å². The minimum Gasteiger partial charge on any atom is -0.324 e. The van der Waals surface area contributed by atoms with Gasteiger partial charge in [-0.25, -0.2) is 0 Å².